The lowest BCUT2D eigenvalue weighted by molar-refractivity contribution is 0.0904. The molecule has 2 aromatic carbocycles. The number of carbonyl (C=O) groups excluding carboxylic acids is 1. The third kappa shape index (κ3) is 9.72. The zero-order valence-corrected chi connectivity index (χ0v) is 29.6. The van der Waals surface area contributed by atoms with Crippen LogP contribution in [0, 0.1) is 5.41 Å². The summed E-state index contributed by atoms with van der Waals surface area (Å²) in [7, 11) is 0. The first-order valence-electron chi connectivity index (χ1n) is 18.1. The number of nitrogens with one attached hydrogen (secondary N) is 6. The zero-order chi connectivity index (χ0) is 36.2. The molecule has 2 aromatic heterocycles. The number of carbonyl (C=O) groups is 1. The number of phenols is 1. The summed E-state index contributed by atoms with van der Waals surface area (Å²) in [6, 6.07) is 14.1. The molecule has 1 aliphatic rings. The van der Waals surface area contributed by atoms with E-state index in [9.17, 15) is 19.8 Å². The molecule has 4 aromatic rings. The van der Waals surface area contributed by atoms with Gasteiger partial charge >= 0.3 is 0 Å². The van der Waals surface area contributed by atoms with Crippen molar-refractivity contribution in [2.24, 2.45) is 0 Å². The van der Waals surface area contributed by atoms with E-state index >= 15 is 0 Å². The van der Waals surface area contributed by atoms with Gasteiger partial charge in [0.25, 0.3) is 5.91 Å². The number of aliphatic hydroxyl groups is 1. The van der Waals surface area contributed by atoms with E-state index in [1.54, 1.807) is 12.1 Å². The summed E-state index contributed by atoms with van der Waals surface area (Å²) in [5.41, 5.74) is 5.77. The first kappa shape index (κ1) is 37.5. The molecule has 51 heavy (non-hydrogen) atoms. The van der Waals surface area contributed by atoms with Crippen molar-refractivity contribution in [1.82, 2.24) is 20.6 Å². The number of unbranched alkanes of at least 4 members (excludes halogenated alkanes) is 2. The highest BCUT2D eigenvalue weighted by Gasteiger charge is 2.23. The number of aryl methyl sites for hydroxylation is 2. The number of amides is 1. The molecule has 272 valence electrons. The van der Waals surface area contributed by atoms with Gasteiger partial charge < -0.3 is 46.6 Å². The zero-order valence-electron chi connectivity index (χ0n) is 29.6. The van der Waals surface area contributed by atoms with Crippen LogP contribution in [0.15, 0.2) is 53.3 Å². The topological polar surface area (TPSA) is 184 Å². The SMILES string of the molecule is CCNc1nc(CC)c(CNC(=O)c2ccc(CCCCCNCC(O)c3ccc(O)c4[nH]c(=O)ccc34)cc2)c(NC2CCOCC2)c1C=N. The molecule has 0 bridgehead atoms. The number of hydrogen-bond donors (Lipinski definition) is 8. The summed E-state index contributed by atoms with van der Waals surface area (Å²) < 4.78 is 5.55. The van der Waals surface area contributed by atoms with Crippen LogP contribution in [0.2, 0.25) is 0 Å². The van der Waals surface area contributed by atoms with Crippen molar-refractivity contribution in [1.29, 1.82) is 5.41 Å². The van der Waals surface area contributed by atoms with E-state index in [1.807, 2.05) is 31.2 Å². The van der Waals surface area contributed by atoms with Gasteiger partial charge in [-0.3, -0.25) is 9.59 Å². The van der Waals surface area contributed by atoms with Gasteiger partial charge in [0.2, 0.25) is 5.56 Å². The Morgan fingerprint density at radius 1 is 1.08 bits per heavy atom. The fourth-order valence-electron chi connectivity index (χ4n) is 6.57. The summed E-state index contributed by atoms with van der Waals surface area (Å²) >= 11 is 0. The average Bonchev–Trinajstić information content (AvgIpc) is 3.14. The second-order valence-corrected chi connectivity index (χ2v) is 12.9. The molecule has 1 aliphatic heterocycles. The lowest BCUT2D eigenvalue weighted by Gasteiger charge is -2.28. The highest BCUT2D eigenvalue weighted by atomic mass is 16.5. The molecular weight excluding hydrogens is 646 g/mol. The monoisotopic (exact) mass is 697 g/mol. The predicted molar refractivity (Wildman–Crippen MR) is 202 cm³/mol. The maximum Gasteiger partial charge on any atom is 0.251 e. The van der Waals surface area contributed by atoms with Crippen molar-refractivity contribution >= 4 is 34.5 Å². The number of aromatic amines is 1. The smallest absolute Gasteiger partial charge is 0.251 e. The van der Waals surface area contributed by atoms with Crippen LogP contribution >= 0.6 is 0 Å². The van der Waals surface area contributed by atoms with Gasteiger partial charge in [-0.2, -0.15) is 0 Å². The summed E-state index contributed by atoms with van der Waals surface area (Å²) in [4.78, 5) is 32.4. The second kappa shape index (κ2) is 18.5. The van der Waals surface area contributed by atoms with E-state index in [0.29, 0.717) is 72.7 Å². The Labute approximate surface area is 299 Å². The minimum Gasteiger partial charge on any atom is -0.506 e. The molecular formula is C39H51N7O5. The van der Waals surface area contributed by atoms with Crippen LogP contribution in [-0.4, -0.2) is 71.2 Å². The first-order valence-corrected chi connectivity index (χ1v) is 18.1. The number of ether oxygens (including phenoxy) is 1. The summed E-state index contributed by atoms with van der Waals surface area (Å²) in [6.07, 6.45) is 6.87. The predicted octanol–water partition coefficient (Wildman–Crippen LogP) is 5.18. The quantitative estimate of drug-likeness (QED) is 0.0513. The summed E-state index contributed by atoms with van der Waals surface area (Å²) in [6.45, 7) is 7.55. The van der Waals surface area contributed by atoms with E-state index in [4.69, 9.17) is 15.1 Å². The number of pyridine rings is 2. The number of rotatable bonds is 18. The maximum absolute atomic E-state index is 13.3. The number of hydrogen-bond acceptors (Lipinski definition) is 10. The van der Waals surface area contributed by atoms with Crippen molar-refractivity contribution < 1.29 is 19.7 Å². The molecule has 1 fully saturated rings. The van der Waals surface area contributed by atoms with Gasteiger partial charge in [0.05, 0.1) is 22.9 Å². The Bertz CT molecular complexity index is 1840. The lowest BCUT2D eigenvalue weighted by Crippen LogP contribution is -2.31. The normalized spacial score (nSPS) is 13.9. The molecule has 1 atom stereocenters. The number of aliphatic hydroxyl groups excluding tert-OH is 1. The van der Waals surface area contributed by atoms with Crippen molar-refractivity contribution in [3.63, 3.8) is 0 Å². The molecule has 8 N–H and O–H groups in total. The first-order chi connectivity index (χ1) is 24.8. The van der Waals surface area contributed by atoms with E-state index < -0.39 is 6.10 Å². The van der Waals surface area contributed by atoms with Gasteiger partial charge in [-0.25, -0.2) is 4.98 Å². The number of benzene rings is 2. The molecule has 0 radical (unpaired) electrons. The maximum atomic E-state index is 13.3. The number of H-pyrrole nitrogens is 1. The Kier molecular flexibility index (Phi) is 13.6. The minimum absolute atomic E-state index is 0.0264. The summed E-state index contributed by atoms with van der Waals surface area (Å²) in [5, 5.41) is 43.0. The van der Waals surface area contributed by atoms with Crippen molar-refractivity contribution in [2.45, 2.75) is 77.5 Å². The minimum atomic E-state index is -0.779. The van der Waals surface area contributed by atoms with E-state index in [2.05, 4.69) is 33.2 Å². The van der Waals surface area contributed by atoms with Gasteiger partial charge in [0, 0.05) is 73.4 Å². The van der Waals surface area contributed by atoms with Crippen LogP contribution in [-0.2, 0) is 24.1 Å². The lowest BCUT2D eigenvalue weighted by atomic mass is 10.0. The fraction of sp³-hybridized carbons (Fsp3) is 0.436. The number of aromatic nitrogens is 2. The van der Waals surface area contributed by atoms with E-state index in [0.717, 1.165) is 62.0 Å². The molecule has 1 unspecified atom stereocenters. The molecule has 1 saturated heterocycles. The Morgan fingerprint density at radius 3 is 2.59 bits per heavy atom. The standard InChI is InChI=1S/C39H51N7O5/c1-3-32-31(36(44-27-17-20-51-21-18-27)30(22-40)38(45-32)42-4-2)23-43-39(50)26-11-9-25(10-12-26)8-6-5-7-19-41-24-34(48)28-13-15-33(47)37-29(28)14-16-35(49)46-37/h9-16,22,27,34,40-41,47-48H,3-8,17-21,23-24H2,1-2H3,(H,43,50)(H,46,49)(H2,42,44,45). The molecule has 1 amide bonds. The molecule has 12 nitrogen and oxygen atoms in total. The van der Waals surface area contributed by atoms with Crippen LogP contribution in [0.5, 0.6) is 5.75 Å². The van der Waals surface area contributed by atoms with E-state index in [1.165, 1.54) is 23.9 Å². The molecule has 0 spiro atoms. The molecule has 0 aliphatic carbocycles. The third-order valence-electron chi connectivity index (χ3n) is 9.38. The third-order valence-corrected chi connectivity index (χ3v) is 9.38. The van der Waals surface area contributed by atoms with Gasteiger partial charge in [-0.1, -0.05) is 31.5 Å². The number of fused-ring (bicyclic) bond motifs is 1. The van der Waals surface area contributed by atoms with Crippen LogP contribution in [0.25, 0.3) is 10.9 Å². The highest BCUT2D eigenvalue weighted by Crippen LogP contribution is 2.31. The van der Waals surface area contributed by atoms with Crippen LogP contribution in [0.3, 0.4) is 0 Å². The number of phenolic OH excluding ortho intramolecular Hbond substituents is 1. The highest BCUT2D eigenvalue weighted by molar-refractivity contribution is 5.96. The van der Waals surface area contributed by atoms with Crippen molar-refractivity contribution in [2.75, 3.05) is 43.5 Å². The van der Waals surface area contributed by atoms with E-state index in [-0.39, 0.29) is 23.3 Å². The van der Waals surface area contributed by atoms with Crippen molar-refractivity contribution in [3.05, 3.63) is 92.4 Å². The Morgan fingerprint density at radius 2 is 1.86 bits per heavy atom. The van der Waals surface area contributed by atoms with Gasteiger partial charge in [0.15, 0.2) is 0 Å². The van der Waals surface area contributed by atoms with Crippen LogP contribution in [0.4, 0.5) is 11.5 Å². The second-order valence-electron chi connectivity index (χ2n) is 12.9. The van der Waals surface area contributed by atoms with Crippen LogP contribution in [0.1, 0.15) is 90.4 Å². The molecule has 5 rings (SSSR count). The largest absolute Gasteiger partial charge is 0.506 e. The number of anilines is 2. The average molecular weight is 698 g/mol. The summed E-state index contributed by atoms with van der Waals surface area (Å²) in [5.74, 6) is 0.496. The number of aromatic hydroxyl groups is 1. The Balaban J connectivity index is 1.09. The molecule has 12 heteroatoms. The Hall–Kier alpha value is -4.78. The van der Waals surface area contributed by atoms with Crippen molar-refractivity contribution in [3.8, 4) is 5.75 Å². The number of nitrogens with zero attached hydrogens (tertiary/aromatic N) is 1. The molecule has 3 heterocycles. The van der Waals surface area contributed by atoms with Gasteiger partial charge in [-0.15, -0.1) is 0 Å². The van der Waals surface area contributed by atoms with Gasteiger partial charge in [-0.05, 0) is 87.4 Å². The van der Waals surface area contributed by atoms with Crippen LogP contribution < -0.4 is 26.8 Å². The van der Waals surface area contributed by atoms with Gasteiger partial charge in [0.1, 0.15) is 11.6 Å². The molecule has 0 saturated carbocycles. The fourth-order valence-corrected chi connectivity index (χ4v) is 6.57.